The number of piperazine rings is 1. The van der Waals surface area contributed by atoms with Crippen LogP contribution in [0.25, 0.3) is 0 Å². The van der Waals surface area contributed by atoms with Gasteiger partial charge in [-0.3, -0.25) is 9.69 Å². The predicted octanol–water partition coefficient (Wildman–Crippen LogP) is 0.643. The van der Waals surface area contributed by atoms with Crippen LogP contribution >= 0.6 is 0 Å². The molecule has 104 valence electrons. The van der Waals surface area contributed by atoms with Crippen LogP contribution in [0.1, 0.15) is 5.56 Å². The Balaban J connectivity index is 2.36. The quantitative estimate of drug-likeness (QED) is 0.870. The number of amides is 1. The second-order valence-electron chi connectivity index (χ2n) is 4.84. The lowest BCUT2D eigenvalue weighted by atomic mass is 10.1. The molecular weight excluding hydrogens is 244 g/mol. The SMILES string of the molecule is COc1ccc(C)cc1N1CCN(C)C(CO)C1=O. The van der Waals surface area contributed by atoms with Crippen molar-refractivity contribution in [1.82, 2.24) is 4.90 Å². The molecule has 5 nitrogen and oxygen atoms in total. The van der Waals surface area contributed by atoms with Crippen LogP contribution in [0.2, 0.25) is 0 Å². The molecule has 1 atom stereocenters. The molecule has 1 unspecified atom stereocenters. The van der Waals surface area contributed by atoms with E-state index in [2.05, 4.69) is 0 Å². The van der Waals surface area contributed by atoms with Crippen LogP contribution in [0.15, 0.2) is 18.2 Å². The first-order valence-electron chi connectivity index (χ1n) is 6.35. The topological polar surface area (TPSA) is 53.0 Å². The van der Waals surface area contributed by atoms with Gasteiger partial charge in [0.25, 0.3) is 0 Å². The number of hydrogen-bond donors (Lipinski definition) is 1. The van der Waals surface area contributed by atoms with Crippen LogP contribution in [-0.2, 0) is 4.79 Å². The van der Waals surface area contributed by atoms with Gasteiger partial charge in [-0.15, -0.1) is 0 Å². The molecule has 1 aliphatic rings. The maximum atomic E-state index is 12.4. The maximum absolute atomic E-state index is 12.4. The predicted molar refractivity (Wildman–Crippen MR) is 73.6 cm³/mol. The van der Waals surface area contributed by atoms with Crippen LogP contribution in [0.3, 0.4) is 0 Å². The highest BCUT2D eigenvalue weighted by Crippen LogP contribution is 2.31. The Morgan fingerprint density at radius 3 is 2.79 bits per heavy atom. The molecule has 1 aliphatic heterocycles. The number of rotatable bonds is 3. The van der Waals surface area contributed by atoms with E-state index in [1.807, 2.05) is 37.1 Å². The van der Waals surface area contributed by atoms with Gasteiger partial charge in [0, 0.05) is 13.1 Å². The number of methoxy groups -OCH3 is 1. The summed E-state index contributed by atoms with van der Waals surface area (Å²) in [5, 5.41) is 9.36. The number of benzene rings is 1. The zero-order valence-electron chi connectivity index (χ0n) is 11.6. The molecule has 1 aromatic carbocycles. The van der Waals surface area contributed by atoms with Crippen LogP contribution < -0.4 is 9.64 Å². The first-order chi connectivity index (χ1) is 9.08. The highest BCUT2D eigenvalue weighted by Gasteiger charge is 2.34. The minimum Gasteiger partial charge on any atom is -0.495 e. The Bertz CT molecular complexity index is 476. The second-order valence-corrected chi connectivity index (χ2v) is 4.84. The first kappa shape index (κ1) is 13.8. The van der Waals surface area contributed by atoms with E-state index in [9.17, 15) is 9.90 Å². The lowest BCUT2D eigenvalue weighted by molar-refractivity contribution is -0.126. The van der Waals surface area contributed by atoms with Gasteiger partial charge in [-0.25, -0.2) is 0 Å². The number of aryl methyl sites for hydroxylation is 1. The molecule has 0 radical (unpaired) electrons. The van der Waals surface area contributed by atoms with Gasteiger partial charge >= 0.3 is 0 Å². The van der Waals surface area contributed by atoms with Crippen molar-refractivity contribution >= 4 is 11.6 Å². The molecule has 0 bridgehead atoms. The number of likely N-dealkylation sites (N-methyl/N-ethyl adjacent to an activating group) is 1. The van der Waals surface area contributed by atoms with E-state index in [0.29, 0.717) is 12.3 Å². The van der Waals surface area contributed by atoms with Crippen molar-refractivity contribution in [3.8, 4) is 5.75 Å². The number of ether oxygens (including phenoxy) is 1. The number of anilines is 1. The molecule has 1 saturated heterocycles. The molecule has 0 aliphatic carbocycles. The Morgan fingerprint density at radius 2 is 2.16 bits per heavy atom. The summed E-state index contributed by atoms with van der Waals surface area (Å²) in [5.41, 5.74) is 1.85. The zero-order chi connectivity index (χ0) is 14.0. The van der Waals surface area contributed by atoms with E-state index < -0.39 is 6.04 Å². The lowest BCUT2D eigenvalue weighted by Gasteiger charge is -2.38. The molecule has 0 spiro atoms. The molecular formula is C14H20N2O3. The molecule has 1 aromatic rings. The van der Waals surface area contributed by atoms with Crippen molar-refractivity contribution in [3.05, 3.63) is 23.8 Å². The zero-order valence-corrected chi connectivity index (χ0v) is 11.6. The maximum Gasteiger partial charge on any atom is 0.246 e. The van der Waals surface area contributed by atoms with Gasteiger partial charge in [-0.2, -0.15) is 0 Å². The van der Waals surface area contributed by atoms with Crippen molar-refractivity contribution in [3.63, 3.8) is 0 Å². The van der Waals surface area contributed by atoms with Crippen LogP contribution in [0.4, 0.5) is 5.69 Å². The second kappa shape index (κ2) is 5.59. The molecule has 2 rings (SSSR count). The van der Waals surface area contributed by atoms with Gasteiger partial charge in [0.15, 0.2) is 0 Å². The number of hydrogen-bond acceptors (Lipinski definition) is 4. The van der Waals surface area contributed by atoms with Gasteiger partial charge in [-0.05, 0) is 31.7 Å². The molecule has 5 heteroatoms. The van der Waals surface area contributed by atoms with Crippen LogP contribution in [-0.4, -0.2) is 55.8 Å². The summed E-state index contributed by atoms with van der Waals surface area (Å²) in [6.07, 6.45) is 0. The highest BCUT2D eigenvalue weighted by molar-refractivity contribution is 5.99. The van der Waals surface area contributed by atoms with Crippen molar-refractivity contribution in [2.45, 2.75) is 13.0 Å². The number of carbonyl (C=O) groups excluding carboxylic acids is 1. The Kier molecular flexibility index (Phi) is 4.07. The fourth-order valence-electron chi connectivity index (χ4n) is 2.36. The number of carbonyl (C=O) groups is 1. The Morgan fingerprint density at radius 1 is 1.42 bits per heavy atom. The third-order valence-electron chi connectivity index (χ3n) is 3.56. The van der Waals surface area contributed by atoms with Crippen LogP contribution in [0.5, 0.6) is 5.75 Å². The van der Waals surface area contributed by atoms with Gasteiger partial charge < -0.3 is 14.7 Å². The number of aliphatic hydroxyl groups is 1. The molecule has 1 N–H and O–H groups in total. The van der Waals surface area contributed by atoms with Gasteiger partial charge in [0.05, 0.1) is 19.4 Å². The van der Waals surface area contributed by atoms with E-state index in [1.165, 1.54) is 0 Å². The summed E-state index contributed by atoms with van der Waals surface area (Å²) in [6, 6.07) is 5.28. The molecule has 0 saturated carbocycles. The van der Waals surface area contributed by atoms with E-state index in [-0.39, 0.29) is 12.5 Å². The third-order valence-corrected chi connectivity index (χ3v) is 3.56. The van der Waals surface area contributed by atoms with Gasteiger partial charge in [0.1, 0.15) is 11.8 Å². The molecule has 0 aromatic heterocycles. The largest absolute Gasteiger partial charge is 0.495 e. The Hall–Kier alpha value is -1.59. The summed E-state index contributed by atoms with van der Waals surface area (Å²) in [7, 11) is 3.45. The van der Waals surface area contributed by atoms with Gasteiger partial charge in [0.2, 0.25) is 5.91 Å². The number of nitrogens with zero attached hydrogens (tertiary/aromatic N) is 2. The average Bonchev–Trinajstić information content (AvgIpc) is 2.39. The van der Waals surface area contributed by atoms with E-state index >= 15 is 0 Å². The van der Waals surface area contributed by atoms with E-state index in [1.54, 1.807) is 12.0 Å². The molecule has 1 amide bonds. The molecule has 19 heavy (non-hydrogen) atoms. The lowest BCUT2D eigenvalue weighted by Crippen LogP contribution is -2.57. The summed E-state index contributed by atoms with van der Waals surface area (Å²) in [5.74, 6) is 0.598. The van der Waals surface area contributed by atoms with Crippen molar-refractivity contribution in [1.29, 1.82) is 0 Å². The first-order valence-corrected chi connectivity index (χ1v) is 6.35. The van der Waals surface area contributed by atoms with Crippen molar-refractivity contribution in [2.24, 2.45) is 0 Å². The fourth-order valence-corrected chi connectivity index (χ4v) is 2.36. The summed E-state index contributed by atoms with van der Waals surface area (Å²) in [4.78, 5) is 16.0. The molecule has 1 heterocycles. The van der Waals surface area contributed by atoms with Crippen LogP contribution in [0, 0.1) is 6.92 Å². The third kappa shape index (κ3) is 2.57. The van der Waals surface area contributed by atoms with Crippen molar-refractivity contribution < 1.29 is 14.6 Å². The minimum atomic E-state index is -0.473. The smallest absolute Gasteiger partial charge is 0.246 e. The fraction of sp³-hybridized carbons (Fsp3) is 0.500. The van der Waals surface area contributed by atoms with E-state index in [4.69, 9.17) is 4.74 Å². The molecule has 1 fully saturated rings. The standard InChI is InChI=1S/C14H20N2O3/c1-10-4-5-13(19-3)11(8-10)16-7-6-15(2)12(9-17)14(16)18/h4-5,8,12,17H,6-7,9H2,1-3H3. The minimum absolute atomic E-state index is 0.0832. The van der Waals surface area contributed by atoms with E-state index in [0.717, 1.165) is 17.8 Å². The summed E-state index contributed by atoms with van der Waals surface area (Å²) in [6.45, 7) is 3.15. The highest BCUT2D eigenvalue weighted by atomic mass is 16.5. The normalized spacial score (nSPS) is 20.7. The summed E-state index contributed by atoms with van der Waals surface area (Å²) >= 11 is 0. The monoisotopic (exact) mass is 264 g/mol. The Labute approximate surface area is 113 Å². The van der Waals surface area contributed by atoms with Crippen molar-refractivity contribution in [2.75, 3.05) is 38.8 Å². The number of aliphatic hydroxyl groups excluding tert-OH is 1. The van der Waals surface area contributed by atoms with Gasteiger partial charge in [-0.1, -0.05) is 6.07 Å². The summed E-state index contributed by atoms with van der Waals surface area (Å²) < 4.78 is 5.33. The average molecular weight is 264 g/mol.